The number of carbonyl (C=O) groups excluding carboxylic acids is 1. The molecule has 0 spiro atoms. The van der Waals surface area contributed by atoms with Crippen LogP contribution >= 0.6 is 11.3 Å². The lowest BCUT2D eigenvalue weighted by Gasteiger charge is -2.22. The van der Waals surface area contributed by atoms with Crippen molar-refractivity contribution in [3.05, 3.63) is 35.5 Å². The third kappa shape index (κ3) is 3.89. The minimum Gasteiger partial charge on any atom is -0.467 e. The van der Waals surface area contributed by atoms with Crippen LogP contribution in [0, 0.1) is 0 Å². The third-order valence-electron chi connectivity index (χ3n) is 5.39. The molecule has 0 saturated heterocycles. The van der Waals surface area contributed by atoms with Crippen molar-refractivity contribution in [2.45, 2.75) is 13.0 Å². The molecule has 0 bridgehead atoms. The van der Waals surface area contributed by atoms with Gasteiger partial charge in [0.15, 0.2) is 5.82 Å². The number of hydrogen-bond donors (Lipinski definition) is 2. The van der Waals surface area contributed by atoms with E-state index in [9.17, 15) is 4.79 Å². The van der Waals surface area contributed by atoms with E-state index in [1.165, 1.54) is 18.4 Å². The summed E-state index contributed by atoms with van der Waals surface area (Å²) in [6, 6.07) is 6.01. The zero-order chi connectivity index (χ0) is 22.9. The molecule has 0 unspecified atom stereocenters. The lowest BCUT2D eigenvalue weighted by molar-refractivity contribution is 0.0949. The molecule has 0 radical (unpaired) electrons. The Hall–Kier alpha value is -3.57. The Balaban J connectivity index is 1.62. The Kier molecular flexibility index (Phi) is 5.65. The van der Waals surface area contributed by atoms with Crippen LogP contribution in [0.2, 0.25) is 0 Å². The quantitative estimate of drug-likeness (QED) is 0.443. The standard InChI is InChI=1S/C22H23N7O3S/c1-12-10-24-19-17-14(33-20(19)21(30)26-12)5-4-13-18(17)25-11-16(27-13)29(8-9-31-2)15-6-7-23-22(28-15)32-3/h4-7,11-12,24H,8-10H2,1-3H3,(H,26,30)/t12-/m1/s1. The summed E-state index contributed by atoms with van der Waals surface area (Å²) >= 11 is 1.46. The van der Waals surface area contributed by atoms with Crippen molar-refractivity contribution in [3.63, 3.8) is 0 Å². The van der Waals surface area contributed by atoms with Crippen molar-refractivity contribution in [1.82, 2.24) is 25.3 Å². The minimum absolute atomic E-state index is 0.0407. The number of anilines is 3. The molecule has 1 aromatic carbocycles. The summed E-state index contributed by atoms with van der Waals surface area (Å²) in [5, 5.41) is 7.36. The number of ether oxygens (including phenoxy) is 2. The van der Waals surface area contributed by atoms with Gasteiger partial charge >= 0.3 is 6.01 Å². The smallest absolute Gasteiger partial charge is 0.318 e. The zero-order valence-electron chi connectivity index (χ0n) is 18.5. The Labute approximate surface area is 194 Å². The molecule has 10 nitrogen and oxygen atoms in total. The van der Waals surface area contributed by atoms with Gasteiger partial charge in [-0.1, -0.05) is 0 Å². The van der Waals surface area contributed by atoms with Crippen LogP contribution in [-0.4, -0.2) is 65.8 Å². The second kappa shape index (κ2) is 8.75. The van der Waals surface area contributed by atoms with E-state index in [0.717, 1.165) is 26.8 Å². The molecule has 4 heterocycles. The average molecular weight is 466 g/mol. The summed E-state index contributed by atoms with van der Waals surface area (Å²) in [4.78, 5) is 33.4. The number of thiophene rings is 1. The van der Waals surface area contributed by atoms with Gasteiger partial charge in [-0.05, 0) is 25.1 Å². The molecule has 1 aliphatic rings. The molecule has 0 aliphatic carbocycles. The molecule has 5 rings (SSSR count). The van der Waals surface area contributed by atoms with Gasteiger partial charge in [-0.25, -0.2) is 15.0 Å². The molecule has 1 aliphatic heterocycles. The Morgan fingerprint density at radius 3 is 2.88 bits per heavy atom. The van der Waals surface area contributed by atoms with E-state index in [0.29, 0.717) is 36.2 Å². The summed E-state index contributed by atoms with van der Waals surface area (Å²) in [7, 11) is 3.17. The molecule has 4 aromatic rings. The van der Waals surface area contributed by atoms with E-state index >= 15 is 0 Å². The molecule has 2 N–H and O–H groups in total. The number of fused-ring (bicyclic) bond motifs is 5. The van der Waals surface area contributed by atoms with Crippen molar-refractivity contribution in [1.29, 1.82) is 0 Å². The normalized spacial score (nSPS) is 15.6. The van der Waals surface area contributed by atoms with Gasteiger partial charge in [-0.15, -0.1) is 11.3 Å². The lowest BCUT2D eigenvalue weighted by Crippen LogP contribution is -2.34. The molecule has 1 atom stereocenters. The first kappa shape index (κ1) is 21.3. The van der Waals surface area contributed by atoms with E-state index in [1.807, 2.05) is 24.0 Å². The van der Waals surface area contributed by atoms with Gasteiger partial charge in [0.1, 0.15) is 10.7 Å². The van der Waals surface area contributed by atoms with Crippen LogP contribution in [0.15, 0.2) is 30.6 Å². The molecular formula is C22H23N7O3S. The second-order valence-electron chi connectivity index (χ2n) is 7.64. The first-order valence-corrected chi connectivity index (χ1v) is 11.3. The van der Waals surface area contributed by atoms with Gasteiger partial charge in [0, 0.05) is 42.5 Å². The van der Waals surface area contributed by atoms with E-state index in [-0.39, 0.29) is 18.0 Å². The second-order valence-corrected chi connectivity index (χ2v) is 8.69. The average Bonchev–Trinajstić information content (AvgIpc) is 3.15. The highest BCUT2D eigenvalue weighted by Crippen LogP contribution is 2.40. The topological polar surface area (TPSA) is 114 Å². The molecule has 0 saturated carbocycles. The Morgan fingerprint density at radius 1 is 1.18 bits per heavy atom. The van der Waals surface area contributed by atoms with Crippen LogP contribution in [0.4, 0.5) is 17.3 Å². The minimum atomic E-state index is -0.0649. The number of amides is 1. The van der Waals surface area contributed by atoms with Gasteiger partial charge in [-0.3, -0.25) is 4.79 Å². The zero-order valence-corrected chi connectivity index (χ0v) is 19.3. The molecule has 1 amide bonds. The van der Waals surface area contributed by atoms with E-state index in [1.54, 1.807) is 25.6 Å². The summed E-state index contributed by atoms with van der Waals surface area (Å²) in [5.74, 6) is 1.19. The van der Waals surface area contributed by atoms with Crippen LogP contribution in [-0.2, 0) is 4.74 Å². The summed E-state index contributed by atoms with van der Waals surface area (Å²) in [6.45, 7) is 3.62. The number of methoxy groups -OCH3 is 2. The van der Waals surface area contributed by atoms with Crippen LogP contribution < -0.4 is 20.3 Å². The molecule has 11 heteroatoms. The van der Waals surface area contributed by atoms with Crippen LogP contribution in [0.5, 0.6) is 6.01 Å². The first-order valence-electron chi connectivity index (χ1n) is 10.5. The lowest BCUT2D eigenvalue weighted by atomic mass is 10.1. The number of carbonyl (C=O) groups is 1. The highest BCUT2D eigenvalue weighted by Gasteiger charge is 2.25. The number of hydrogen-bond acceptors (Lipinski definition) is 10. The van der Waals surface area contributed by atoms with Gasteiger partial charge in [0.2, 0.25) is 0 Å². The van der Waals surface area contributed by atoms with Crippen LogP contribution in [0.1, 0.15) is 16.6 Å². The largest absolute Gasteiger partial charge is 0.467 e. The number of nitrogens with zero attached hydrogens (tertiary/aromatic N) is 5. The van der Waals surface area contributed by atoms with Crippen molar-refractivity contribution in [3.8, 4) is 6.01 Å². The first-order chi connectivity index (χ1) is 16.1. The van der Waals surface area contributed by atoms with E-state index < -0.39 is 0 Å². The maximum absolute atomic E-state index is 12.7. The third-order valence-corrected chi connectivity index (χ3v) is 6.55. The SMILES string of the molecule is COCCN(c1ccnc(OC)n1)c1cnc2c(ccc3sc4c(c32)NC[C@@H](C)NC4=O)n1. The van der Waals surface area contributed by atoms with Crippen molar-refractivity contribution in [2.24, 2.45) is 0 Å². The molecule has 33 heavy (non-hydrogen) atoms. The Bertz CT molecular complexity index is 1340. The van der Waals surface area contributed by atoms with Crippen molar-refractivity contribution in [2.75, 3.05) is 44.1 Å². The molecule has 3 aromatic heterocycles. The predicted molar refractivity (Wildman–Crippen MR) is 128 cm³/mol. The molecular weight excluding hydrogens is 442 g/mol. The molecule has 0 fully saturated rings. The fourth-order valence-corrected chi connectivity index (χ4v) is 4.91. The van der Waals surface area contributed by atoms with Crippen molar-refractivity contribution < 1.29 is 14.3 Å². The summed E-state index contributed by atoms with van der Waals surface area (Å²) in [6.07, 6.45) is 3.35. The fourth-order valence-electron chi connectivity index (χ4n) is 3.82. The number of nitrogens with one attached hydrogen (secondary N) is 2. The van der Waals surface area contributed by atoms with Gasteiger partial charge < -0.3 is 25.0 Å². The number of rotatable bonds is 6. The predicted octanol–water partition coefficient (Wildman–Crippen LogP) is 2.97. The highest BCUT2D eigenvalue weighted by atomic mass is 32.1. The Morgan fingerprint density at radius 2 is 2.06 bits per heavy atom. The molecule has 170 valence electrons. The summed E-state index contributed by atoms with van der Waals surface area (Å²) in [5.41, 5.74) is 2.29. The van der Waals surface area contributed by atoms with Crippen molar-refractivity contribution >= 4 is 55.7 Å². The fraction of sp³-hybridized carbons (Fsp3) is 0.318. The highest BCUT2D eigenvalue weighted by molar-refractivity contribution is 7.21. The number of benzene rings is 1. The van der Waals surface area contributed by atoms with Gasteiger partial charge in [0.05, 0.1) is 36.6 Å². The maximum Gasteiger partial charge on any atom is 0.318 e. The van der Waals surface area contributed by atoms with E-state index in [4.69, 9.17) is 19.4 Å². The van der Waals surface area contributed by atoms with Gasteiger partial charge in [0.25, 0.3) is 5.91 Å². The van der Waals surface area contributed by atoms with Crippen LogP contribution in [0.3, 0.4) is 0 Å². The van der Waals surface area contributed by atoms with E-state index in [2.05, 4.69) is 20.6 Å². The van der Waals surface area contributed by atoms with Gasteiger partial charge in [-0.2, -0.15) is 4.98 Å². The van der Waals surface area contributed by atoms with Crippen LogP contribution in [0.25, 0.3) is 21.1 Å². The monoisotopic (exact) mass is 465 g/mol. The summed E-state index contributed by atoms with van der Waals surface area (Å²) < 4.78 is 11.5. The maximum atomic E-state index is 12.7. The number of aromatic nitrogens is 4.